The highest BCUT2D eigenvalue weighted by atomic mass is 19.4. The molecule has 1 fully saturated rings. The second kappa shape index (κ2) is 7.39. The minimum absolute atomic E-state index is 0.0182. The highest BCUT2D eigenvalue weighted by Crippen LogP contribution is 2.30. The summed E-state index contributed by atoms with van der Waals surface area (Å²) in [4.78, 5) is 25.0. The fraction of sp³-hybridized carbons (Fsp3) is 0.353. The summed E-state index contributed by atoms with van der Waals surface area (Å²) in [6.45, 7) is 0.593. The molecule has 1 aromatic carbocycles. The van der Waals surface area contributed by atoms with Crippen LogP contribution in [0.2, 0.25) is 0 Å². The Morgan fingerprint density at radius 1 is 1.30 bits per heavy atom. The number of carboxylic acid groups (broad SMARTS) is 1. The van der Waals surface area contributed by atoms with E-state index < -0.39 is 29.7 Å². The minimum Gasteiger partial charge on any atom is -0.481 e. The largest absolute Gasteiger partial charge is 0.481 e. The number of carbonyl (C=O) groups excluding carboxylic acids is 1. The van der Waals surface area contributed by atoms with Crippen molar-refractivity contribution in [1.29, 1.82) is 0 Å². The first-order chi connectivity index (χ1) is 12.8. The van der Waals surface area contributed by atoms with Crippen molar-refractivity contribution in [1.82, 2.24) is 14.7 Å². The Balaban J connectivity index is 1.82. The molecule has 1 aromatic heterocycles. The normalized spacial score (nSPS) is 17.7. The first-order valence-corrected chi connectivity index (χ1v) is 8.09. The zero-order chi connectivity index (χ0) is 19.6. The van der Waals surface area contributed by atoms with E-state index >= 15 is 0 Å². The smallest absolute Gasteiger partial charge is 0.416 e. The Morgan fingerprint density at radius 3 is 2.78 bits per heavy atom. The van der Waals surface area contributed by atoms with Crippen LogP contribution in [0, 0.1) is 0 Å². The number of morpholine rings is 1. The lowest BCUT2D eigenvalue weighted by atomic mass is 10.1. The van der Waals surface area contributed by atoms with E-state index in [1.54, 1.807) is 0 Å². The van der Waals surface area contributed by atoms with Crippen molar-refractivity contribution < 1.29 is 32.6 Å². The van der Waals surface area contributed by atoms with E-state index in [9.17, 15) is 22.8 Å². The fourth-order valence-corrected chi connectivity index (χ4v) is 2.85. The summed E-state index contributed by atoms with van der Waals surface area (Å²) < 4.78 is 45.0. The summed E-state index contributed by atoms with van der Waals surface area (Å²) in [7, 11) is 0. The van der Waals surface area contributed by atoms with Gasteiger partial charge in [0.1, 0.15) is 0 Å². The van der Waals surface area contributed by atoms with E-state index in [-0.39, 0.29) is 37.6 Å². The molecule has 0 saturated carbocycles. The molecule has 7 nitrogen and oxygen atoms in total. The molecule has 1 N–H and O–H groups in total. The lowest BCUT2D eigenvalue weighted by Crippen LogP contribution is -2.49. The molecule has 0 bridgehead atoms. The standard InChI is InChI=1S/C17H16F3N3O4/c18-17(19,20)11-2-1-3-12(8-11)23-5-4-14(21-23)16(26)22-6-7-27-10-13(22)9-15(24)25/h1-5,8,13H,6-7,9-10H2,(H,24,25). The van der Waals surface area contributed by atoms with Crippen LogP contribution in [0.3, 0.4) is 0 Å². The number of hydrogen-bond donors (Lipinski definition) is 1. The van der Waals surface area contributed by atoms with Crippen molar-refractivity contribution >= 4 is 11.9 Å². The van der Waals surface area contributed by atoms with E-state index in [1.807, 2.05) is 0 Å². The Kier molecular flexibility index (Phi) is 5.17. The van der Waals surface area contributed by atoms with Crippen LogP contribution in [0.1, 0.15) is 22.5 Å². The molecule has 2 aromatic rings. The average Bonchev–Trinajstić information content (AvgIpc) is 3.11. The molecule has 1 atom stereocenters. The SMILES string of the molecule is O=C(O)CC1COCCN1C(=O)c1ccn(-c2cccc(C(F)(F)F)c2)n1. The van der Waals surface area contributed by atoms with Gasteiger partial charge in [0.15, 0.2) is 5.69 Å². The molecular weight excluding hydrogens is 367 g/mol. The summed E-state index contributed by atoms with van der Waals surface area (Å²) >= 11 is 0. The van der Waals surface area contributed by atoms with Crippen LogP contribution in [0.25, 0.3) is 5.69 Å². The van der Waals surface area contributed by atoms with Crippen LogP contribution in [0.4, 0.5) is 13.2 Å². The summed E-state index contributed by atoms with van der Waals surface area (Å²) in [5.41, 5.74) is -0.643. The number of nitrogens with zero attached hydrogens (tertiary/aromatic N) is 3. The van der Waals surface area contributed by atoms with E-state index in [2.05, 4.69) is 5.10 Å². The van der Waals surface area contributed by atoms with Crippen molar-refractivity contribution in [3.8, 4) is 5.69 Å². The van der Waals surface area contributed by atoms with Gasteiger partial charge in [0.2, 0.25) is 0 Å². The van der Waals surface area contributed by atoms with Crippen molar-refractivity contribution in [2.24, 2.45) is 0 Å². The van der Waals surface area contributed by atoms with Crippen LogP contribution in [0.15, 0.2) is 36.5 Å². The van der Waals surface area contributed by atoms with Gasteiger partial charge in [-0.25, -0.2) is 4.68 Å². The van der Waals surface area contributed by atoms with Crippen molar-refractivity contribution in [3.63, 3.8) is 0 Å². The maximum atomic E-state index is 12.9. The molecular formula is C17H16F3N3O4. The quantitative estimate of drug-likeness (QED) is 0.875. The van der Waals surface area contributed by atoms with Crippen LogP contribution in [0.5, 0.6) is 0 Å². The number of rotatable bonds is 4. The van der Waals surface area contributed by atoms with Crippen molar-refractivity contribution in [2.75, 3.05) is 19.8 Å². The average molecular weight is 383 g/mol. The number of alkyl halides is 3. The first kappa shape index (κ1) is 18.9. The zero-order valence-corrected chi connectivity index (χ0v) is 14.0. The van der Waals surface area contributed by atoms with Gasteiger partial charge in [-0.15, -0.1) is 0 Å². The summed E-state index contributed by atoms with van der Waals surface area (Å²) in [5.74, 6) is -1.55. The molecule has 0 spiro atoms. The topological polar surface area (TPSA) is 84.7 Å². The molecule has 1 aliphatic heterocycles. The van der Waals surface area contributed by atoms with Crippen LogP contribution in [-0.4, -0.2) is 57.5 Å². The fourth-order valence-electron chi connectivity index (χ4n) is 2.85. The maximum absolute atomic E-state index is 12.9. The molecule has 1 aliphatic rings. The monoisotopic (exact) mass is 383 g/mol. The number of aliphatic carboxylic acids is 1. The highest BCUT2D eigenvalue weighted by molar-refractivity contribution is 5.92. The van der Waals surface area contributed by atoms with Crippen LogP contribution in [-0.2, 0) is 15.7 Å². The number of benzene rings is 1. The Labute approximate surface area is 151 Å². The second-order valence-electron chi connectivity index (χ2n) is 6.02. The third kappa shape index (κ3) is 4.27. The highest BCUT2D eigenvalue weighted by Gasteiger charge is 2.32. The van der Waals surface area contributed by atoms with E-state index in [0.29, 0.717) is 0 Å². The van der Waals surface area contributed by atoms with E-state index in [1.165, 1.54) is 34.0 Å². The molecule has 27 heavy (non-hydrogen) atoms. The molecule has 2 heterocycles. The van der Waals surface area contributed by atoms with Crippen LogP contribution >= 0.6 is 0 Å². The van der Waals surface area contributed by atoms with Gasteiger partial charge in [-0.3, -0.25) is 9.59 Å². The number of ether oxygens (including phenoxy) is 1. The van der Waals surface area contributed by atoms with Gasteiger partial charge in [-0.2, -0.15) is 18.3 Å². The third-order valence-electron chi connectivity index (χ3n) is 4.14. The Hall–Kier alpha value is -2.88. The van der Waals surface area contributed by atoms with Gasteiger partial charge in [-0.1, -0.05) is 6.07 Å². The third-order valence-corrected chi connectivity index (χ3v) is 4.14. The molecule has 144 valence electrons. The van der Waals surface area contributed by atoms with Gasteiger partial charge < -0.3 is 14.7 Å². The Bertz CT molecular complexity index is 850. The molecule has 10 heteroatoms. The molecule has 0 radical (unpaired) electrons. The number of hydrogen-bond acceptors (Lipinski definition) is 4. The predicted octanol–water partition coefficient (Wildman–Crippen LogP) is 2.21. The first-order valence-electron chi connectivity index (χ1n) is 8.09. The lowest BCUT2D eigenvalue weighted by Gasteiger charge is -2.34. The molecule has 3 rings (SSSR count). The van der Waals surface area contributed by atoms with Crippen molar-refractivity contribution in [3.05, 3.63) is 47.8 Å². The number of carboxylic acids is 1. The molecule has 1 amide bonds. The Morgan fingerprint density at radius 2 is 2.07 bits per heavy atom. The summed E-state index contributed by atoms with van der Waals surface area (Å²) in [5, 5.41) is 13.0. The van der Waals surface area contributed by atoms with E-state index in [0.717, 1.165) is 12.1 Å². The van der Waals surface area contributed by atoms with Gasteiger partial charge in [0, 0.05) is 12.7 Å². The maximum Gasteiger partial charge on any atom is 0.416 e. The van der Waals surface area contributed by atoms with Gasteiger partial charge in [0.25, 0.3) is 5.91 Å². The number of carbonyl (C=O) groups is 2. The predicted molar refractivity (Wildman–Crippen MR) is 86.5 cm³/mol. The lowest BCUT2D eigenvalue weighted by molar-refractivity contribution is -0.139. The molecule has 1 saturated heterocycles. The van der Waals surface area contributed by atoms with Crippen molar-refractivity contribution in [2.45, 2.75) is 18.6 Å². The summed E-state index contributed by atoms with van der Waals surface area (Å²) in [6, 6.07) is 5.34. The van der Waals surface area contributed by atoms with Gasteiger partial charge in [0.05, 0.1) is 36.9 Å². The summed E-state index contributed by atoms with van der Waals surface area (Å²) in [6.07, 6.45) is -3.37. The second-order valence-corrected chi connectivity index (χ2v) is 6.02. The van der Waals surface area contributed by atoms with Crippen LogP contribution < -0.4 is 0 Å². The van der Waals surface area contributed by atoms with Gasteiger partial charge in [-0.05, 0) is 24.3 Å². The minimum atomic E-state index is -4.49. The zero-order valence-electron chi connectivity index (χ0n) is 14.0. The number of halogens is 3. The van der Waals surface area contributed by atoms with E-state index in [4.69, 9.17) is 9.84 Å². The number of amides is 1. The number of aromatic nitrogens is 2. The van der Waals surface area contributed by atoms with Gasteiger partial charge >= 0.3 is 12.1 Å². The molecule has 1 unspecified atom stereocenters. The molecule has 0 aliphatic carbocycles.